The number of hydrogen-bond donors (Lipinski definition) is 1. The Kier molecular flexibility index (Phi) is 5.79. The van der Waals surface area contributed by atoms with Crippen molar-refractivity contribution in [1.29, 1.82) is 0 Å². The first kappa shape index (κ1) is 21.1. The first-order valence-corrected chi connectivity index (χ1v) is 9.74. The Labute approximate surface area is 182 Å². The number of benzene rings is 2. The van der Waals surface area contributed by atoms with Crippen LogP contribution in [-0.4, -0.2) is 40.1 Å². The number of aliphatic carboxylic acids is 1. The number of rotatable bonds is 6. The molecule has 3 aromatic rings. The van der Waals surface area contributed by atoms with Crippen LogP contribution in [0.3, 0.4) is 0 Å². The van der Waals surface area contributed by atoms with Gasteiger partial charge in [-0.3, -0.25) is 9.36 Å². The van der Waals surface area contributed by atoms with E-state index in [9.17, 15) is 14.3 Å². The van der Waals surface area contributed by atoms with Gasteiger partial charge < -0.3 is 19.3 Å². The van der Waals surface area contributed by atoms with E-state index in [-0.39, 0.29) is 11.6 Å². The molecule has 8 nitrogen and oxygen atoms in total. The monoisotopic (exact) mass is 447 g/mol. The van der Waals surface area contributed by atoms with Gasteiger partial charge in [0.2, 0.25) is 0 Å². The van der Waals surface area contributed by atoms with Crippen LogP contribution in [0.25, 0.3) is 5.69 Å². The number of fused-ring (bicyclic) bond motifs is 3. The Morgan fingerprint density at radius 1 is 1.23 bits per heavy atom. The maximum absolute atomic E-state index is 13.7. The number of alkyl halides is 1. The number of halogens is 2. The molecule has 1 N–H and O–H groups in total. The summed E-state index contributed by atoms with van der Waals surface area (Å²) in [5.74, 6) is 0.0499. The van der Waals surface area contributed by atoms with Crippen molar-refractivity contribution < 1.29 is 28.5 Å². The minimum Gasteiger partial charge on any atom is -0.493 e. The van der Waals surface area contributed by atoms with E-state index in [0.29, 0.717) is 33.3 Å². The highest BCUT2D eigenvalue weighted by molar-refractivity contribution is 6.30. The number of ether oxygens (including phenoxy) is 3. The molecule has 1 aliphatic heterocycles. The maximum Gasteiger partial charge on any atom is 0.306 e. The molecular formula is C21H19ClFN3O5. The van der Waals surface area contributed by atoms with Gasteiger partial charge >= 0.3 is 5.97 Å². The van der Waals surface area contributed by atoms with Gasteiger partial charge in [0.1, 0.15) is 18.9 Å². The van der Waals surface area contributed by atoms with Crippen molar-refractivity contribution in [2.75, 3.05) is 14.2 Å². The largest absolute Gasteiger partial charge is 0.493 e. The average molecular weight is 448 g/mol. The molecule has 1 unspecified atom stereocenters. The number of aromatic nitrogens is 3. The summed E-state index contributed by atoms with van der Waals surface area (Å²) in [6.07, 6.45) is -2.19. The van der Waals surface area contributed by atoms with Crippen molar-refractivity contribution in [2.45, 2.75) is 25.3 Å². The molecule has 31 heavy (non-hydrogen) atoms. The number of methoxy groups -OCH3 is 2. The summed E-state index contributed by atoms with van der Waals surface area (Å²) in [5, 5.41) is 17.8. The van der Waals surface area contributed by atoms with Crippen LogP contribution >= 0.6 is 11.6 Å². The predicted molar refractivity (Wildman–Crippen MR) is 109 cm³/mol. The molecule has 0 bridgehead atoms. The third-order valence-electron chi connectivity index (χ3n) is 5.05. The summed E-state index contributed by atoms with van der Waals surface area (Å²) in [5.41, 5.74) is 1.73. The summed E-state index contributed by atoms with van der Waals surface area (Å²) >= 11 is 6.29. The van der Waals surface area contributed by atoms with Crippen LogP contribution in [0.15, 0.2) is 36.4 Å². The Morgan fingerprint density at radius 3 is 2.71 bits per heavy atom. The lowest BCUT2D eigenvalue weighted by atomic mass is 9.98. The standard InChI is InChI=1S/C21H19ClFN3O5/c1-29-15-5-3-4-12(20(15)30-2)19-13-8-11(22)6-7-14(13)26-17(10-23)24-25-21(26)16(31-19)9-18(27)28/h3-8,16,19H,9-10H2,1-2H3,(H,27,28)/t16?,19-/m0/s1. The number of carbonyl (C=O) groups is 1. The van der Waals surface area contributed by atoms with Gasteiger partial charge in [0, 0.05) is 16.1 Å². The topological polar surface area (TPSA) is 95.7 Å². The van der Waals surface area contributed by atoms with Gasteiger partial charge in [0.25, 0.3) is 0 Å². The molecule has 2 heterocycles. The Bertz CT molecular complexity index is 1140. The second kappa shape index (κ2) is 8.52. The van der Waals surface area contributed by atoms with Crippen molar-refractivity contribution in [3.8, 4) is 17.2 Å². The van der Waals surface area contributed by atoms with Crippen LogP contribution in [0.1, 0.15) is 41.4 Å². The van der Waals surface area contributed by atoms with Crippen LogP contribution in [0, 0.1) is 0 Å². The lowest BCUT2D eigenvalue weighted by Crippen LogP contribution is -2.15. The van der Waals surface area contributed by atoms with Gasteiger partial charge in [-0.25, -0.2) is 4.39 Å². The Balaban J connectivity index is 2.00. The predicted octanol–water partition coefficient (Wildman–Crippen LogP) is 4.04. The lowest BCUT2D eigenvalue weighted by Gasteiger charge is -2.24. The fourth-order valence-electron chi connectivity index (χ4n) is 3.78. The molecule has 0 spiro atoms. The second-order valence-electron chi connectivity index (χ2n) is 6.83. The lowest BCUT2D eigenvalue weighted by molar-refractivity contribution is -0.141. The van der Waals surface area contributed by atoms with E-state index in [1.807, 2.05) is 0 Å². The average Bonchev–Trinajstić information content (AvgIpc) is 3.14. The minimum atomic E-state index is -1.10. The summed E-state index contributed by atoms with van der Waals surface area (Å²) in [6, 6.07) is 10.4. The Hall–Kier alpha value is -3.17. The normalized spacial score (nSPS) is 17.4. The quantitative estimate of drug-likeness (QED) is 0.609. The molecular weight excluding hydrogens is 429 g/mol. The molecule has 162 valence electrons. The molecule has 0 aliphatic carbocycles. The summed E-state index contributed by atoms with van der Waals surface area (Å²) in [7, 11) is 3.02. The second-order valence-corrected chi connectivity index (χ2v) is 7.27. The van der Waals surface area contributed by atoms with Crippen LogP contribution < -0.4 is 9.47 Å². The van der Waals surface area contributed by atoms with E-state index in [0.717, 1.165) is 0 Å². The number of hydrogen-bond acceptors (Lipinski definition) is 6. The molecule has 4 rings (SSSR count). The van der Waals surface area contributed by atoms with Crippen LogP contribution in [-0.2, 0) is 16.2 Å². The van der Waals surface area contributed by atoms with Crippen molar-refractivity contribution in [1.82, 2.24) is 14.8 Å². The fraction of sp³-hybridized carbons (Fsp3) is 0.286. The van der Waals surface area contributed by atoms with E-state index < -0.39 is 31.3 Å². The highest BCUT2D eigenvalue weighted by Crippen LogP contribution is 2.46. The van der Waals surface area contributed by atoms with Gasteiger partial charge in [0.15, 0.2) is 23.1 Å². The summed E-state index contributed by atoms with van der Waals surface area (Å²) < 4.78 is 32.5. The first-order valence-electron chi connectivity index (χ1n) is 9.36. The highest BCUT2D eigenvalue weighted by Gasteiger charge is 2.36. The van der Waals surface area contributed by atoms with Gasteiger partial charge in [0.05, 0.1) is 26.3 Å². The third-order valence-corrected chi connectivity index (χ3v) is 5.29. The zero-order valence-corrected chi connectivity index (χ0v) is 17.5. The number of nitrogens with zero attached hydrogens (tertiary/aromatic N) is 3. The summed E-state index contributed by atoms with van der Waals surface area (Å²) in [4.78, 5) is 11.6. The van der Waals surface area contributed by atoms with E-state index in [1.165, 1.54) is 18.8 Å². The number of carboxylic acid groups (broad SMARTS) is 1. The van der Waals surface area contributed by atoms with E-state index in [1.54, 1.807) is 36.4 Å². The molecule has 0 fully saturated rings. The maximum atomic E-state index is 13.7. The van der Waals surface area contributed by atoms with Gasteiger partial charge in [-0.15, -0.1) is 10.2 Å². The highest BCUT2D eigenvalue weighted by atomic mass is 35.5. The number of para-hydroxylation sites is 1. The minimum absolute atomic E-state index is 0.0378. The fourth-order valence-corrected chi connectivity index (χ4v) is 3.96. The van der Waals surface area contributed by atoms with Crippen molar-refractivity contribution >= 4 is 17.6 Å². The zero-order valence-electron chi connectivity index (χ0n) is 16.7. The van der Waals surface area contributed by atoms with Gasteiger partial charge in [-0.05, 0) is 24.3 Å². The third kappa shape index (κ3) is 3.70. The number of carboxylic acids is 1. The zero-order chi connectivity index (χ0) is 22.1. The molecule has 10 heteroatoms. The molecule has 1 aliphatic rings. The first-order chi connectivity index (χ1) is 15.0. The summed E-state index contributed by atoms with van der Waals surface area (Å²) in [6.45, 7) is -0.887. The molecule has 1 aromatic heterocycles. The molecule has 0 amide bonds. The van der Waals surface area contributed by atoms with Crippen molar-refractivity contribution in [2.24, 2.45) is 0 Å². The van der Waals surface area contributed by atoms with Crippen LogP contribution in [0.5, 0.6) is 11.5 Å². The molecule has 0 saturated heterocycles. The smallest absolute Gasteiger partial charge is 0.306 e. The van der Waals surface area contributed by atoms with Crippen LogP contribution in [0.2, 0.25) is 5.02 Å². The van der Waals surface area contributed by atoms with E-state index >= 15 is 0 Å². The van der Waals surface area contributed by atoms with Crippen LogP contribution in [0.4, 0.5) is 4.39 Å². The molecule has 2 aromatic carbocycles. The van der Waals surface area contributed by atoms with Gasteiger partial charge in [-0.1, -0.05) is 23.7 Å². The Morgan fingerprint density at radius 2 is 2.03 bits per heavy atom. The van der Waals surface area contributed by atoms with Gasteiger partial charge in [-0.2, -0.15) is 0 Å². The van der Waals surface area contributed by atoms with Crippen molar-refractivity contribution in [3.63, 3.8) is 0 Å². The SMILES string of the molecule is COc1cccc([C@@H]2OC(CC(=O)O)c3nnc(CF)n3-c3ccc(Cl)cc32)c1OC. The molecule has 0 radical (unpaired) electrons. The van der Waals surface area contributed by atoms with E-state index in [2.05, 4.69) is 10.2 Å². The van der Waals surface area contributed by atoms with Crippen molar-refractivity contribution in [3.05, 3.63) is 64.2 Å². The molecule has 2 atom stereocenters. The molecule has 0 saturated carbocycles. The van der Waals surface area contributed by atoms with E-state index in [4.69, 9.17) is 25.8 Å².